The molecule has 0 saturated carbocycles. The van der Waals surface area contributed by atoms with Crippen LogP contribution >= 0.6 is 0 Å². The fourth-order valence-corrected chi connectivity index (χ4v) is 3.26. The molecule has 1 aliphatic rings. The quantitative estimate of drug-likeness (QED) is 0.634. The van der Waals surface area contributed by atoms with Crippen LogP contribution in [0.1, 0.15) is 39.0 Å². The van der Waals surface area contributed by atoms with E-state index >= 15 is 0 Å². The smallest absolute Gasteiger partial charge is 0.227 e. The fourth-order valence-electron chi connectivity index (χ4n) is 3.26. The van der Waals surface area contributed by atoms with Crippen LogP contribution in [0, 0.1) is 5.92 Å². The maximum absolute atomic E-state index is 12.5. The summed E-state index contributed by atoms with van der Waals surface area (Å²) in [4.78, 5) is 26.5. The summed E-state index contributed by atoms with van der Waals surface area (Å²) in [5.74, 6) is 0.927. The van der Waals surface area contributed by atoms with Crippen LogP contribution in [0.15, 0.2) is 12.1 Å². The predicted molar refractivity (Wildman–Crippen MR) is 104 cm³/mol. The van der Waals surface area contributed by atoms with Crippen molar-refractivity contribution >= 4 is 17.5 Å². The second-order valence-corrected chi connectivity index (χ2v) is 6.64. The molecule has 0 aromatic heterocycles. The van der Waals surface area contributed by atoms with Gasteiger partial charge in [0.2, 0.25) is 17.6 Å². The summed E-state index contributed by atoms with van der Waals surface area (Å²) in [6, 6.07) is 3.45. The highest BCUT2D eigenvalue weighted by Gasteiger charge is 2.35. The van der Waals surface area contributed by atoms with Gasteiger partial charge in [-0.25, -0.2) is 0 Å². The number of hydrogen-bond acceptors (Lipinski definition) is 5. The van der Waals surface area contributed by atoms with E-state index < -0.39 is 0 Å². The Labute approximate surface area is 161 Å². The molecule has 1 aromatic carbocycles. The van der Waals surface area contributed by atoms with Crippen LogP contribution in [0.3, 0.4) is 0 Å². The highest BCUT2D eigenvalue weighted by Crippen LogP contribution is 2.42. The van der Waals surface area contributed by atoms with Crippen LogP contribution in [-0.4, -0.2) is 46.2 Å². The molecule has 0 aliphatic carbocycles. The van der Waals surface area contributed by atoms with Crippen LogP contribution in [0.2, 0.25) is 0 Å². The van der Waals surface area contributed by atoms with Gasteiger partial charge in [-0.3, -0.25) is 9.59 Å². The van der Waals surface area contributed by atoms with Crippen LogP contribution in [0.4, 0.5) is 5.69 Å². The number of anilines is 1. The van der Waals surface area contributed by atoms with Crippen molar-refractivity contribution in [2.45, 2.75) is 39.0 Å². The monoisotopic (exact) mass is 378 g/mol. The Morgan fingerprint density at radius 2 is 1.78 bits per heavy atom. The highest BCUT2D eigenvalue weighted by atomic mass is 16.5. The molecule has 1 atom stereocenters. The lowest BCUT2D eigenvalue weighted by Crippen LogP contribution is -2.33. The van der Waals surface area contributed by atoms with Crippen molar-refractivity contribution in [1.82, 2.24) is 5.32 Å². The second-order valence-electron chi connectivity index (χ2n) is 6.64. The zero-order chi connectivity index (χ0) is 19.8. The third-order valence-electron chi connectivity index (χ3n) is 4.79. The van der Waals surface area contributed by atoms with Crippen LogP contribution in [-0.2, 0) is 9.59 Å². The Balaban J connectivity index is 2.06. The zero-order valence-electron chi connectivity index (χ0n) is 16.7. The third-order valence-corrected chi connectivity index (χ3v) is 4.79. The minimum atomic E-state index is -0.345. The van der Waals surface area contributed by atoms with Crippen molar-refractivity contribution in [3.05, 3.63) is 12.1 Å². The molecule has 1 fully saturated rings. The lowest BCUT2D eigenvalue weighted by molar-refractivity contribution is -0.126. The molecule has 1 aliphatic heterocycles. The van der Waals surface area contributed by atoms with Crippen molar-refractivity contribution in [1.29, 1.82) is 0 Å². The first-order valence-corrected chi connectivity index (χ1v) is 9.43. The van der Waals surface area contributed by atoms with E-state index in [1.54, 1.807) is 17.0 Å². The molecule has 7 heteroatoms. The largest absolute Gasteiger partial charge is 0.493 e. The lowest BCUT2D eigenvalue weighted by atomic mass is 10.1. The van der Waals surface area contributed by atoms with E-state index in [9.17, 15) is 9.59 Å². The molecule has 150 valence electrons. The molecule has 0 radical (unpaired) electrons. The Bertz CT molecular complexity index is 637. The van der Waals surface area contributed by atoms with E-state index in [2.05, 4.69) is 12.2 Å². The fraction of sp³-hybridized carbons (Fsp3) is 0.600. The first-order chi connectivity index (χ1) is 13.0. The number of methoxy groups -OCH3 is 3. The molecule has 1 unspecified atom stereocenters. The number of nitrogens with zero attached hydrogens (tertiary/aromatic N) is 1. The van der Waals surface area contributed by atoms with E-state index in [1.807, 2.05) is 0 Å². The number of benzene rings is 1. The Hall–Kier alpha value is -2.44. The van der Waals surface area contributed by atoms with Gasteiger partial charge in [0.15, 0.2) is 11.5 Å². The number of ether oxygens (including phenoxy) is 3. The number of amides is 2. The van der Waals surface area contributed by atoms with Gasteiger partial charge in [0.1, 0.15) is 0 Å². The van der Waals surface area contributed by atoms with Crippen molar-refractivity contribution in [3.8, 4) is 17.2 Å². The number of nitrogens with one attached hydrogen (secondary N) is 1. The Morgan fingerprint density at radius 1 is 1.11 bits per heavy atom. The normalized spacial score (nSPS) is 16.4. The molecule has 2 rings (SSSR count). The van der Waals surface area contributed by atoms with Crippen LogP contribution < -0.4 is 24.4 Å². The summed E-state index contributed by atoms with van der Waals surface area (Å²) in [7, 11) is 4.59. The summed E-state index contributed by atoms with van der Waals surface area (Å²) >= 11 is 0. The number of unbranched alkanes of at least 4 members (excludes halogenated alkanes) is 3. The summed E-state index contributed by atoms with van der Waals surface area (Å²) in [6.45, 7) is 3.16. The Kier molecular flexibility index (Phi) is 7.76. The zero-order valence-corrected chi connectivity index (χ0v) is 16.7. The standard InChI is InChI=1S/C20H30N2O5/c1-5-6-7-8-9-21-20(24)14-10-18(23)22(13-14)15-11-16(25-2)19(27-4)17(12-15)26-3/h11-12,14H,5-10,13H2,1-4H3,(H,21,24). The van der Waals surface area contributed by atoms with Gasteiger partial charge in [-0.1, -0.05) is 26.2 Å². The van der Waals surface area contributed by atoms with Gasteiger partial charge in [0.25, 0.3) is 0 Å². The third kappa shape index (κ3) is 5.05. The molecule has 1 saturated heterocycles. The molecule has 27 heavy (non-hydrogen) atoms. The average molecular weight is 378 g/mol. The molecular formula is C20H30N2O5. The van der Waals surface area contributed by atoms with Gasteiger partial charge >= 0.3 is 0 Å². The van der Waals surface area contributed by atoms with Gasteiger partial charge < -0.3 is 24.4 Å². The summed E-state index contributed by atoms with van der Waals surface area (Å²) in [6.07, 6.45) is 4.62. The summed E-state index contributed by atoms with van der Waals surface area (Å²) < 4.78 is 16.0. The summed E-state index contributed by atoms with van der Waals surface area (Å²) in [5.41, 5.74) is 0.632. The maximum atomic E-state index is 12.5. The molecular weight excluding hydrogens is 348 g/mol. The molecule has 1 heterocycles. The molecule has 0 bridgehead atoms. The predicted octanol–water partition coefficient (Wildman–Crippen LogP) is 2.76. The first-order valence-electron chi connectivity index (χ1n) is 9.43. The second kappa shape index (κ2) is 10.0. The van der Waals surface area contributed by atoms with Gasteiger partial charge in [-0.2, -0.15) is 0 Å². The van der Waals surface area contributed by atoms with Crippen LogP contribution in [0.25, 0.3) is 0 Å². The molecule has 0 spiro atoms. The first kappa shape index (κ1) is 20.9. The number of carbonyl (C=O) groups is 2. The van der Waals surface area contributed by atoms with Gasteiger partial charge in [0.05, 0.1) is 32.9 Å². The average Bonchev–Trinajstić information content (AvgIpc) is 3.08. The lowest BCUT2D eigenvalue weighted by Gasteiger charge is -2.20. The van der Waals surface area contributed by atoms with Crippen LogP contribution in [0.5, 0.6) is 17.2 Å². The van der Waals surface area contributed by atoms with Gasteiger partial charge in [-0.05, 0) is 6.42 Å². The van der Waals surface area contributed by atoms with E-state index in [0.29, 0.717) is 36.0 Å². The van der Waals surface area contributed by atoms with Crippen molar-refractivity contribution in [2.24, 2.45) is 5.92 Å². The number of carbonyl (C=O) groups excluding carboxylic acids is 2. The molecule has 1 aromatic rings. The van der Waals surface area contributed by atoms with E-state index in [4.69, 9.17) is 14.2 Å². The van der Waals surface area contributed by atoms with Gasteiger partial charge in [0, 0.05) is 31.6 Å². The molecule has 2 amide bonds. The topological polar surface area (TPSA) is 77.1 Å². The summed E-state index contributed by atoms with van der Waals surface area (Å²) in [5, 5.41) is 2.95. The highest BCUT2D eigenvalue weighted by molar-refractivity contribution is 6.00. The van der Waals surface area contributed by atoms with Crippen molar-refractivity contribution in [3.63, 3.8) is 0 Å². The minimum absolute atomic E-state index is 0.0604. The number of rotatable bonds is 10. The van der Waals surface area contributed by atoms with Crippen molar-refractivity contribution < 1.29 is 23.8 Å². The van der Waals surface area contributed by atoms with E-state index in [1.165, 1.54) is 27.8 Å². The minimum Gasteiger partial charge on any atom is -0.493 e. The maximum Gasteiger partial charge on any atom is 0.227 e. The van der Waals surface area contributed by atoms with Crippen molar-refractivity contribution in [2.75, 3.05) is 39.3 Å². The van der Waals surface area contributed by atoms with Gasteiger partial charge in [-0.15, -0.1) is 0 Å². The SMILES string of the molecule is CCCCCCNC(=O)C1CC(=O)N(c2cc(OC)c(OC)c(OC)c2)C1. The van der Waals surface area contributed by atoms with E-state index in [-0.39, 0.29) is 24.2 Å². The van der Waals surface area contributed by atoms with E-state index in [0.717, 1.165) is 19.3 Å². The molecule has 7 nitrogen and oxygen atoms in total. The molecule has 1 N–H and O–H groups in total. The number of hydrogen-bond donors (Lipinski definition) is 1. The Morgan fingerprint density at radius 3 is 2.33 bits per heavy atom.